The highest BCUT2D eigenvalue weighted by atomic mass is 16.5. The van der Waals surface area contributed by atoms with Crippen molar-refractivity contribution in [1.82, 2.24) is 10.2 Å². The summed E-state index contributed by atoms with van der Waals surface area (Å²) in [6, 6.07) is 16.0. The summed E-state index contributed by atoms with van der Waals surface area (Å²) in [5.74, 6) is -1.74. The molecular weight excluding hydrogens is 444 g/mol. The van der Waals surface area contributed by atoms with Gasteiger partial charge >= 0.3 is 12.1 Å². The van der Waals surface area contributed by atoms with E-state index in [9.17, 15) is 19.5 Å². The summed E-state index contributed by atoms with van der Waals surface area (Å²) in [6.45, 7) is 6.11. The number of hydrogen-bond donors (Lipinski definition) is 2. The van der Waals surface area contributed by atoms with Crippen LogP contribution in [0.2, 0.25) is 0 Å². The lowest BCUT2D eigenvalue weighted by atomic mass is 9.94. The van der Waals surface area contributed by atoms with Gasteiger partial charge in [0, 0.05) is 18.5 Å². The highest BCUT2D eigenvalue weighted by molar-refractivity contribution is 5.84. The Hall–Kier alpha value is -3.35. The van der Waals surface area contributed by atoms with Crippen LogP contribution >= 0.6 is 0 Å². The van der Waals surface area contributed by atoms with Crippen LogP contribution in [-0.4, -0.2) is 53.7 Å². The second-order valence-electron chi connectivity index (χ2n) is 10.8. The normalized spacial score (nSPS) is 19.1. The molecule has 2 aromatic carbocycles. The summed E-state index contributed by atoms with van der Waals surface area (Å²) in [6.07, 6.45) is 1.53. The number of benzene rings is 2. The van der Waals surface area contributed by atoms with Crippen LogP contribution in [0.15, 0.2) is 48.5 Å². The standard InChI is InChI=1S/C28H34N2O5/c1-28(2,3)17-30(15-25(31)32)26(33)22-13-8-14-24(22)29-27(34)35-16-23-20-11-6-4-9-18(20)19-10-5-7-12-21(19)23/h4-7,9-12,22-24H,8,13-17H2,1-3H3,(H,29,34)(H,31,32). The lowest BCUT2D eigenvalue weighted by Gasteiger charge is -2.32. The third kappa shape index (κ3) is 5.66. The number of ether oxygens (including phenoxy) is 1. The molecule has 1 saturated carbocycles. The fourth-order valence-electron chi connectivity index (χ4n) is 5.40. The van der Waals surface area contributed by atoms with Gasteiger partial charge in [-0.2, -0.15) is 0 Å². The average molecular weight is 479 g/mol. The molecule has 0 aromatic heterocycles. The number of carbonyl (C=O) groups excluding carboxylic acids is 2. The van der Waals surface area contributed by atoms with E-state index in [1.165, 1.54) is 4.90 Å². The molecule has 2 unspecified atom stereocenters. The zero-order valence-electron chi connectivity index (χ0n) is 20.6. The van der Waals surface area contributed by atoms with Gasteiger partial charge in [-0.25, -0.2) is 4.79 Å². The van der Waals surface area contributed by atoms with Crippen molar-refractivity contribution in [2.45, 2.75) is 52.0 Å². The number of fused-ring (bicyclic) bond motifs is 3. The molecule has 186 valence electrons. The predicted octanol–water partition coefficient (Wildman–Crippen LogP) is 4.65. The van der Waals surface area contributed by atoms with E-state index in [0.717, 1.165) is 28.7 Å². The number of carbonyl (C=O) groups is 3. The van der Waals surface area contributed by atoms with Crippen LogP contribution in [0.1, 0.15) is 57.1 Å². The molecule has 1 fully saturated rings. The Morgan fingerprint density at radius 3 is 2.17 bits per heavy atom. The minimum atomic E-state index is -1.04. The number of nitrogens with one attached hydrogen (secondary N) is 1. The Balaban J connectivity index is 1.40. The Bertz CT molecular complexity index is 1060. The first-order chi connectivity index (χ1) is 16.6. The minimum Gasteiger partial charge on any atom is -0.480 e. The van der Waals surface area contributed by atoms with Gasteiger partial charge in [0.1, 0.15) is 13.2 Å². The summed E-state index contributed by atoms with van der Waals surface area (Å²) in [5, 5.41) is 12.2. The fourth-order valence-corrected chi connectivity index (χ4v) is 5.40. The summed E-state index contributed by atoms with van der Waals surface area (Å²) < 4.78 is 5.67. The molecule has 7 heteroatoms. The lowest BCUT2D eigenvalue weighted by molar-refractivity contribution is -0.147. The zero-order chi connectivity index (χ0) is 25.2. The molecule has 2 aromatic rings. The molecule has 0 radical (unpaired) electrons. The molecule has 35 heavy (non-hydrogen) atoms. The van der Waals surface area contributed by atoms with E-state index < -0.39 is 18.0 Å². The summed E-state index contributed by atoms with van der Waals surface area (Å²) >= 11 is 0. The van der Waals surface area contributed by atoms with Crippen molar-refractivity contribution >= 4 is 18.0 Å². The molecule has 2 aliphatic rings. The number of hydrogen-bond acceptors (Lipinski definition) is 4. The second-order valence-corrected chi connectivity index (χ2v) is 10.8. The third-order valence-corrected chi connectivity index (χ3v) is 6.78. The Labute approximate surface area is 206 Å². The summed E-state index contributed by atoms with van der Waals surface area (Å²) in [4.78, 5) is 38.8. The highest BCUT2D eigenvalue weighted by Gasteiger charge is 2.38. The number of aliphatic carboxylic acids is 1. The quantitative estimate of drug-likeness (QED) is 0.604. The predicted molar refractivity (Wildman–Crippen MR) is 133 cm³/mol. The van der Waals surface area contributed by atoms with Crippen molar-refractivity contribution in [2.75, 3.05) is 19.7 Å². The van der Waals surface area contributed by atoms with Crippen molar-refractivity contribution in [3.8, 4) is 11.1 Å². The number of carboxylic acid groups (broad SMARTS) is 1. The Kier molecular flexibility index (Phi) is 7.15. The third-order valence-electron chi connectivity index (χ3n) is 6.78. The van der Waals surface area contributed by atoms with E-state index in [-0.39, 0.29) is 36.4 Å². The van der Waals surface area contributed by atoms with Crippen LogP contribution in [0, 0.1) is 11.3 Å². The van der Waals surface area contributed by atoms with E-state index in [4.69, 9.17) is 4.74 Å². The van der Waals surface area contributed by atoms with Crippen molar-refractivity contribution in [3.63, 3.8) is 0 Å². The molecule has 0 aliphatic heterocycles. The van der Waals surface area contributed by atoms with Gasteiger partial charge in [0.05, 0.1) is 5.92 Å². The van der Waals surface area contributed by atoms with E-state index in [1.54, 1.807) is 0 Å². The molecule has 2 N–H and O–H groups in total. The van der Waals surface area contributed by atoms with Crippen LogP contribution in [0.25, 0.3) is 11.1 Å². The maximum atomic E-state index is 13.3. The van der Waals surface area contributed by atoms with E-state index >= 15 is 0 Å². The first kappa shape index (κ1) is 24.8. The largest absolute Gasteiger partial charge is 0.480 e. The van der Waals surface area contributed by atoms with Crippen LogP contribution in [-0.2, 0) is 14.3 Å². The van der Waals surface area contributed by atoms with Gasteiger partial charge in [-0.3, -0.25) is 9.59 Å². The number of nitrogens with zero attached hydrogens (tertiary/aromatic N) is 1. The Morgan fingerprint density at radius 2 is 1.60 bits per heavy atom. The van der Waals surface area contributed by atoms with Gasteiger partial charge in [-0.05, 0) is 40.5 Å². The highest BCUT2D eigenvalue weighted by Crippen LogP contribution is 2.44. The maximum absolute atomic E-state index is 13.3. The number of rotatable bonds is 7. The first-order valence-corrected chi connectivity index (χ1v) is 12.3. The molecule has 2 aliphatic carbocycles. The molecule has 0 heterocycles. The number of alkyl carbamates (subject to hydrolysis) is 1. The Morgan fingerprint density at radius 1 is 1.00 bits per heavy atom. The van der Waals surface area contributed by atoms with Gasteiger partial charge < -0.3 is 20.1 Å². The van der Waals surface area contributed by atoms with E-state index in [1.807, 2.05) is 45.0 Å². The van der Waals surface area contributed by atoms with Crippen LogP contribution in [0.5, 0.6) is 0 Å². The zero-order valence-corrected chi connectivity index (χ0v) is 20.6. The first-order valence-electron chi connectivity index (χ1n) is 12.3. The smallest absolute Gasteiger partial charge is 0.407 e. The molecule has 7 nitrogen and oxygen atoms in total. The summed E-state index contributed by atoms with van der Waals surface area (Å²) in [5.41, 5.74) is 4.37. The van der Waals surface area contributed by atoms with Crippen LogP contribution in [0.4, 0.5) is 4.79 Å². The fraction of sp³-hybridized carbons (Fsp3) is 0.464. The van der Waals surface area contributed by atoms with E-state index in [2.05, 4.69) is 29.6 Å². The van der Waals surface area contributed by atoms with Crippen molar-refractivity contribution in [3.05, 3.63) is 59.7 Å². The minimum absolute atomic E-state index is 0.0352. The van der Waals surface area contributed by atoms with Gasteiger partial charge in [0.15, 0.2) is 0 Å². The molecular formula is C28H34N2O5. The van der Waals surface area contributed by atoms with Crippen molar-refractivity contribution in [1.29, 1.82) is 0 Å². The number of amides is 2. The lowest BCUT2D eigenvalue weighted by Crippen LogP contribution is -2.49. The maximum Gasteiger partial charge on any atom is 0.407 e. The monoisotopic (exact) mass is 478 g/mol. The molecule has 0 bridgehead atoms. The van der Waals surface area contributed by atoms with Gasteiger partial charge in [-0.1, -0.05) is 75.7 Å². The molecule has 0 saturated heterocycles. The summed E-state index contributed by atoms with van der Waals surface area (Å²) in [7, 11) is 0. The van der Waals surface area contributed by atoms with Gasteiger partial charge in [0.25, 0.3) is 0 Å². The van der Waals surface area contributed by atoms with Gasteiger partial charge in [-0.15, -0.1) is 0 Å². The van der Waals surface area contributed by atoms with Gasteiger partial charge in [0.2, 0.25) is 5.91 Å². The molecule has 4 rings (SSSR count). The molecule has 0 spiro atoms. The second kappa shape index (κ2) is 10.1. The van der Waals surface area contributed by atoms with Crippen LogP contribution in [0.3, 0.4) is 0 Å². The van der Waals surface area contributed by atoms with E-state index in [0.29, 0.717) is 19.4 Å². The van der Waals surface area contributed by atoms with Crippen molar-refractivity contribution < 1.29 is 24.2 Å². The topological polar surface area (TPSA) is 95.9 Å². The van der Waals surface area contributed by atoms with Crippen LogP contribution < -0.4 is 5.32 Å². The molecule has 2 atom stereocenters. The van der Waals surface area contributed by atoms with Crippen molar-refractivity contribution in [2.24, 2.45) is 11.3 Å². The SMILES string of the molecule is CC(C)(C)CN(CC(=O)O)C(=O)C1CCCC1NC(=O)OCC1c2ccccc2-c2ccccc21. The molecule has 2 amide bonds. The average Bonchev–Trinajstić information content (AvgIpc) is 3.38. The number of carboxylic acids is 1.